The van der Waals surface area contributed by atoms with Crippen LogP contribution < -0.4 is 5.32 Å². The molecule has 110 valence electrons. The Morgan fingerprint density at radius 1 is 1.14 bits per heavy atom. The summed E-state index contributed by atoms with van der Waals surface area (Å²) in [6, 6.07) is 9.85. The van der Waals surface area contributed by atoms with Crippen LogP contribution in [0.3, 0.4) is 0 Å². The second kappa shape index (κ2) is 5.27. The number of phenols is 1. The summed E-state index contributed by atoms with van der Waals surface area (Å²) in [7, 11) is 0. The maximum Gasteiger partial charge on any atom is 0.121 e. The second-order valence-electron chi connectivity index (χ2n) is 6.05. The van der Waals surface area contributed by atoms with E-state index in [2.05, 4.69) is 25.2 Å². The van der Waals surface area contributed by atoms with E-state index < -0.39 is 0 Å². The highest BCUT2D eigenvalue weighted by Crippen LogP contribution is 2.47. The molecule has 21 heavy (non-hydrogen) atoms. The molecule has 2 aromatic carbocycles. The van der Waals surface area contributed by atoms with E-state index in [9.17, 15) is 5.11 Å². The van der Waals surface area contributed by atoms with E-state index in [0.717, 1.165) is 17.7 Å². The molecule has 2 N–H and O–H groups in total. The van der Waals surface area contributed by atoms with Gasteiger partial charge in [-0.15, -0.1) is 0 Å². The van der Waals surface area contributed by atoms with Crippen LogP contribution in [0.1, 0.15) is 47.6 Å². The van der Waals surface area contributed by atoms with Crippen molar-refractivity contribution in [3.05, 3.63) is 57.6 Å². The lowest BCUT2D eigenvalue weighted by Crippen LogP contribution is -2.08. The van der Waals surface area contributed by atoms with Gasteiger partial charge in [0.25, 0.3) is 0 Å². The molecule has 0 fully saturated rings. The third-order valence-electron chi connectivity index (χ3n) is 4.36. The van der Waals surface area contributed by atoms with Gasteiger partial charge in [-0.1, -0.05) is 30.7 Å². The molecular formula is C18H20ClNO. The summed E-state index contributed by atoms with van der Waals surface area (Å²) < 4.78 is 0. The number of phenolic OH excluding ortho intramolecular Hbond substituents is 1. The first-order valence-electron chi connectivity index (χ1n) is 7.32. The van der Waals surface area contributed by atoms with E-state index in [4.69, 9.17) is 11.6 Å². The molecule has 0 amide bonds. The predicted octanol–water partition coefficient (Wildman–Crippen LogP) is 5.32. The molecule has 0 bridgehead atoms. The fourth-order valence-electron chi connectivity index (χ4n) is 3.41. The summed E-state index contributed by atoms with van der Waals surface area (Å²) in [5.74, 6) is 0.814. The van der Waals surface area contributed by atoms with Crippen molar-refractivity contribution >= 4 is 17.3 Å². The number of aromatic hydroxyl groups is 1. The lowest BCUT2D eigenvalue weighted by molar-refractivity contribution is 0.465. The molecule has 1 aliphatic rings. The first-order chi connectivity index (χ1) is 9.97. The van der Waals surface area contributed by atoms with E-state index >= 15 is 0 Å². The highest BCUT2D eigenvalue weighted by molar-refractivity contribution is 6.33. The second-order valence-corrected chi connectivity index (χ2v) is 6.45. The molecule has 0 spiro atoms. The van der Waals surface area contributed by atoms with E-state index in [1.165, 1.54) is 16.7 Å². The van der Waals surface area contributed by atoms with Gasteiger partial charge in [0.05, 0.1) is 16.8 Å². The SMILES string of the molecule is Cc1ccc(Cl)c(NC2CC(C)c3c(C)ccc(O)c32)c1. The van der Waals surface area contributed by atoms with Crippen molar-refractivity contribution in [2.75, 3.05) is 5.32 Å². The van der Waals surface area contributed by atoms with Gasteiger partial charge in [0.2, 0.25) is 0 Å². The summed E-state index contributed by atoms with van der Waals surface area (Å²) >= 11 is 6.28. The first-order valence-corrected chi connectivity index (χ1v) is 7.70. The van der Waals surface area contributed by atoms with Gasteiger partial charge >= 0.3 is 0 Å². The van der Waals surface area contributed by atoms with Gasteiger partial charge in [0.15, 0.2) is 0 Å². The number of hydrogen-bond acceptors (Lipinski definition) is 2. The summed E-state index contributed by atoms with van der Waals surface area (Å²) in [6.45, 7) is 6.37. The van der Waals surface area contributed by atoms with Gasteiger partial charge in [0, 0.05) is 5.56 Å². The monoisotopic (exact) mass is 301 g/mol. The predicted molar refractivity (Wildman–Crippen MR) is 88.4 cm³/mol. The summed E-state index contributed by atoms with van der Waals surface area (Å²) in [6.07, 6.45) is 0.970. The van der Waals surface area contributed by atoms with Crippen molar-refractivity contribution in [1.29, 1.82) is 0 Å². The van der Waals surface area contributed by atoms with Crippen LogP contribution >= 0.6 is 11.6 Å². The molecule has 2 aromatic rings. The molecule has 1 aliphatic carbocycles. The molecule has 0 saturated carbocycles. The van der Waals surface area contributed by atoms with Crippen molar-refractivity contribution in [3.63, 3.8) is 0 Å². The molecule has 3 heteroatoms. The average molecular weight is 302 g/mol. The van der Waals surface area contributed by atoms with Gasteiger partial charge < -0.3 is 10.4 Å². The van der Waals surface area contributed by atoms with Crippen LogP contribution in [-0.4, -0.2) is 5.11 Å². The third kappa shape index (κ3) is 2.49. The zero-order valence-corrected chi connectivity index (χ0v) is 13.3. The molecule has 0 aliphatic heterocycles. The van der Waals surface area contributed by atoms with Crippen LogP contribution in [0.4, 0.5) is 5.69 Å². The number of halogens is 1. The normalized spacial score (nSPS) is 20.4. The van der Waals surface area contributed by atoms with Crippen molar-refractivity contribution in [1.82, 2.24) is 0 Å². The van der Waals surface area contributed by atoms with Gasteiger partial charge in [-0.2, -0.15) is 0 Å². The highest BCUT2D eigenvalue weighted by Gasteiger charge is 2.32. The molecule has 0 saturated heterocycles. The van der Waals surface area contributed by atoms with Gasteiger partial charge in [0.1, 0.15) is 5.75 Å². The Labute approximate surface area is 130 Å². The maximum atomic E-state index is 10.3. The Hall–Kier alpha value is -1.67. The lowest BCUT2D eigenvalue weighted by atomic mass is 9.97. The van der Waals surface area contributed by atoms with Gasteiger partial charge in [-0.25, -0.2) is 0 Å². The smallest absolute Gasteiger partial charge is 0.121 e. The summed E-state index contributed by atoms with van der Waals surface area (Å²) in [4.78, 5) is 0. The molecular weight excluding hydrogens is 282 g/mol. The van der Waals surface area contributed by atoms with Crippen LogP contribution in [0.2, 0.25) is 5.02 Å². The standard InChI is InChI=1S/C18H20ClNO/c1-10-4-6-13(19)14(8-10)20-15-9-12(3)17-11(2)5-7-16(21)18(15)17/h4-8,12,15,20-21H,9H2,1-3H3. The number of aryl methyl sites for hydroxylation is 2. The molecule has 0 heterocycles. The Morgan fingerprint density at radius 3 is 2.67 bits per heavy atom. The Morgan fingerprint density at radius 2 is 1.90 bits per heavy atom. The molecule has 2 nitrogen and oxygen atoms in total. The number of benzene rings is 2. The number of hydrogen-bond donors (Lipinski definition) is 2. The Balaban J connectivity index is 2.00. The Bertz CT molecular complexity index is 696. The molecule has 0 aromatic heterocycles. The van der Waals surface area contributed by atoms with Crippen molar-refractivity contribution in [3.8, 4) is 5.75 Å². The van der Waals surface area contributed by atoms with E-state index in [1.807, 2.05) is 25.1 Å². The summed E-state index contributed by atoms with van der Waals surface area (Å²) in [5, 5.41) is 14.5. The van der Waals surface area contributed by atoms with Crippen molar-refractivity contribution in [2.45, 2.75) is 39.2 Å². The van der Waals surface area contributed by atoms with Gasteiger partial charge in [-0.05, 0) is 61.1 Å². The van der Waals surface area contributed by atoms with E-state index in [-0.39, 0.29) is 6.04 Å². The van der Waals surface area contributed by atoms with E-state index in [0.29, 0.717) is 16.7 Å². The number of anilines is 1. The zero-order chi connectivity index (χ0) is 15.1. The quantitative estimate of drug-likeness (QED) is 0.786. The first kappa shape index (κ1) is 14.3. The maximum absolute atomic E-state index is 10.3. The molecule has 3 rings (SSSR count). The zero-order valence-electron chi connectivity index (χ0n) is 12.6. The van der Waals surface area contributed by atoms with Crippen LogP contribution in [-0.2, 0) is 0 Å². The number of rotatable bonds is 2. The topological polar surface area (TPSA) is 32.3 Å². The van der Waals surface area contributed by atoms with Gasteiger partial charge in [-0.3, -0.25) is 0 Å². The van der Waals surface area contributed by atoms with Crippen molar-refractivity contribution < 1.29 is 5.11 Å². The summed E-state index contributed by atoms with van der Waals surface area (Å²) in [5.41, 5.74) is 5.65. The minimum Gasteiger partial charge on any atom is -0.508 e. The minimum atomic E-state index is 0.106. The largest absolute Gasteiger partial charge is 0.508 e. The van der Waals surface area contributed by atoms with Crippen LogP contribution in [0, 0.1) is 13.8 Å². The van der Waals surface area contributed by atoms with Crippen LogP contribution in [0.5, 0.6) is 5.75 Å². The number of nitrogens with one attached hydrogen (secondary N) is 1. The van der Waals surface area contributed by atoms with Crippen molar-refractivity contribution in [2.24, 2.45) is 0 Å². The fourth-order valence-corrected chi connectivity index (χ4v) is 3.58. The highest BCUT2D eigenvalue weighted by atomic mass is 35.5. The average Bonchev–Trinajstić information content (AvgIpc) is 2.76. The number of fused-ring (bicyclic) bond motifs is 1. The molecule has 0 radical (unpaired) electrons. The molecule has 2 atom stereocenters. The van der Waals surface area contributed by atoms with Crippen LogP contribution in [0.25, 0.3) is 0 Å². The fraction of sp³-hybridized carbons (Fsp3) is 0.333. The Kier molecular flexibility index (Phi) is 3.58. The minimum absolute atomic E-state index is 0.106. The molecule has 2 unspecified atom stereocenters. The third-order valence-corrected chi connectivity index (χ3v) is 4.69. The van der Waals surface area contributed by atoms with E-state index in [1.54, 1.807) is 6.07 Å². The van der Waals surface area contributed by atoms with Crippen LogP contribution in [0.15, 0.2) is 30.3 Å². The lowest BCUT2D eigenvalue weighted by Gasteiger charge is -2.18.